The van der Waals surface area contributed by atoms with Gasteiger partial charge in [-0.2, -0.15) is 0 Å². The fourth-order valence-electron chi connectivity index (χ4n) is 2.22. The van der Waals surface area contributed by atoms with Crippen molar-refractivity contribution < 1.29 is 18.0 Å². The molecule has 0 unspecified atom stereocenters. The van der Waals surface area contributed by atoms with Crippen molar-refractivity contribution in [2.45, 2.75) is 43.9 Å². The van der Waals surface area contributed by atoms with Crippen LogP contribution in [0.4, 0.5) is 0 Å². The predicted octanol–water partition coefficient (Wildman–Crippen LogP) is 1.09. The number of aliphatic hydroxyl groups is 1. The van der Waals surface area contributed by atoms with Crippen LogP contribution in [0.5, 0.6) is 0 Å². The van der Waals surface area contributed by atoms with Gasteiger partial charge in [0.2, 0.25) is 10.0 Å². The maximum Gasteiger partial charge on any atom is 0.242 e. The highest BCUT2D eigenvalue weighted by Crippen LogP contribution is 2.37. The minimum atomic E-state index is -3.63. The highest BCUT2D eigenvalue weighted by Gasteiger charge is 2.28. The molecule has 7 nitrogen and oxygen atoms in total. The number of hydrogen-bond donors (Lipinski definition) is 2. The molecule has 1 saturated carbocycles. The molecule has 0 atom stereocenters. The topological polar surface area (TPSA) is 97.4 Å². The minimum Gasteiger partial charge on any atom is -0.390 e. The number of sulfonamides is 1. The van der Waals surface area contributed by atoms with Crippen molar-refractivity contribution in [3.8, 4) is 0 Å². The van der Waals surface area contributed by atoms with E-state index in [0.717, 1.165) is 12.8 Å². The number of aryl methyl sites for hydroxylation is 1. The fraction of sp³-hybridized carbons (Fsp3) is 0.462. The maximum atomic E-state index is 12.3. The van der Waals surface area contributed by atoms with Gasteiger partial charge in [-0.1, -0.05) is 5.16 Å². The SMILES string of the molecule is Cc1cc(CNS(=O)(=O)c2cc(CO)n(C3CC3)c2)no1. The van der Waals surface area contributed by atoms with Crippen LogP contribution in [-0.4, -0.2) is 23.2 Å². The van der Waals surface area contributed by atoms with Crippen LogP contribution in [0.25, 0.3) is 0 Å². The lowest BCUT2D eigenvalue weighted by Crippen LogP contribution is -2.23. The van der Waals surface area contributed by atoms with Crippen LogP contribution in [0, 0.1) is 6.92 Å². The molecule has 8 heteroatoms. The predicted molar refractivity (Wildman–Crippen MR) is 73.9 cm³/mol. The highest BCUT2D eigenvalue weighted by atomic mass is 32.2. The second-order valence-electron chi connectivity index (χ2n) is 5.22. The van der Waals surface area contributed by atoms with Crippen LogP contribution in [-0.2, 0) is 23.2 Å². The standard InChI is InChI=1S/C13H17N3O4S/c1-9-4-10(15-20-9)6-14-21(18,19)13-5-12(8-17)16(7-13)11-2-3-11/h4-5,7,11,14,17H,2-3,6,8H2,1H3. The van der Waals surface area contributed by atoms with Crippen molar-refractivity contribution in [2.75, 3.05) is 0 Å². The molecule has 0 bridgehead atoms. The summed E-state index contributed by atoms with van der Waals surface area (Å²) in [4.78, 5) is 0.165. The van der Waals surface area contributed by atoms with E-state index >= 15 is 0 Å². The van der Waals surface area contributed by atoms with E-state index in [4.69, 9.17) is 4.52 Å². The second-order valence-corrected chi connectivity index (χ2v) is 6.98. The Kier molecular flexibility index (Phi) is 3.60. The van der Waals surface area contributed by atoms with Crippen LogP contribution >= 0.6 is 0 Å². The molecule has 114 valence electrons. The van der Waals surface area contributed by atoms with Crippen molar-refractivity contribution in [2.24, 2.45) is 0 Å². The van der Waals surface area contributed by atoms with Gasteiger partial charge in [-0.15, -0.1) is 0 Å². The van der Waals surface area contributed by atoms with E-state index in [1.165, 1.54) is 6.07 Å². The zero-order valence-corrected chi connectivity index (χ0v) is 12.4. The van der Waals surface area contributed by atoms with Gasteiger partial charge in [-0.25, -0.2) is 13.1 Å². The molecule has 2 heterocycles. The second kappa shape index (κ2) is 5.28. The number of aromatic nitrogens is 2. The summed E-state index contributed by atoms with van der Waals surface area (Å²) in [7, 11) is -3.63. The normalized spacial score (nSPS) is 15.5. The molecule has 0 saturated heterocycles. The van der Waals surface area contributed by atoms with Crippen molar-refractivity contribution in [1.29, 1.82) is 0 Å². The lowest BCUT2D eigenvalue weighted by atomic mass is 10.4. The van der Waals surface area contributed by atoms with Crippen molar-refractivity contribution in [1.82, 2.24) is 14.4 Å². The van der Waals surface area contributed by atoms with Gasteiger partial charge in [0.15, 0.2) is 0 Å². The van der Waals surface area contributed by atoms with Gasteiger partial charge in [0.05, 0.1) is 23.7 Å². The van der Waals surface area contributed by atoms with E-state index in [-0.39, 0.29) is 18.0 Å². The van der Waals surface area contributed by atoms with Gasteiger partial charge in [-0.05, 0) is 25.8 Å². The largest absolute Gasteiger partial charge is 0.390 e. The first-order valence-corrected chi connectivity index (χ1v) is 8.21. The van der Waals surface area contributed by atoms with Crippen LogP contribution in [0.3, 0.4) is 0 Å². The average molecular weight is 311 g/mol. The van der Waals surface area contributed by atoms with Crippen molar-refractivity contribution in [3.63, 3.8) is 0 Å². The number of aliphatic hydroxyl groups excluding tert-OH is 1. The fourth-order valence-corrected chi connectivity index (χ4v) is 3.26. The molecule has 0 amide bonds. The van der Waals surface area contributed by atoms with E-state index in [0.29, 0.717) is 23.2 Å². The quantitative estimate of drug-likeness (QED) is 0.832. The monoisotopic (exact) mass is 311 g/mol. The zero-order valence-electron chi connectivity index (χ0n) is 11.6. The summed E-state index contributed by atoms with van der Waals surface area (Å²) in [5.41, 5.74) is 1.15. The van der Waals surface area contributed by atoms with Crippen molar-refractivity contribution in [3.05, 3.63) is 35.5 Å². The molecule has 2 aromatic heterocycles. The summed E-state index contributed by atoms with van der Waals surface area (Å²) in [6.07, 6.45) is 3.62. The lowest BCUT2D eigenvalue weighted by Gasteiger charge is -2.03. The Balaban J connectivity index is 1.77. The third kappa shape index (κ3) is 3.02. The van der Waals surface area contributed by atoms with Crippen molar-refractivity contribution >= 4 is 10.0 Å². The van der Waals surface area contributed by atoms with Gasteiger partial charge in [0.1, 0.15) is 5.76 Å². The van der Waals surface area contributed by atoms with Crippen LogP contribution in [0.1, 0.15) is 36.0 Å². The Morgan fingerprint density at radius 1 is 1.48 bits per heavy atom. The van der Waals surface area contributed by atoms with Crippen LogP contribution < -0.4 is 4.72 Å². The Bertz CT molecular complexity index is 743. The van der Waals surface area contributed by atoms with Gasteiger partial charge in [0.25, 0.3) is 0 Å². The highest BCUT2D eigenvalue weighted by molar-refractivity contribution is 7.89. The lowest BCUT2D eigenvalue weighted by molar-refractivity contribution is 0.270. The molecule has 3 rings (SSSR count). The maximum absolute atomic E-state index is 12.3. The summed E-state index contributed by atoms with van der Waals surface area (Å²) < 4.78 is 33.8. The molecule has 0 aliphatic heterocycles. The van der Waals surface area contributed by atoms with E-state index in [9.17, 15) is 13.5 Å². The smallest absolute Gasteiger partial charge is 0.242 e. The minimum absolute atomic E-state index is 0.0722. The first-order valence-electron chi connectivity index (χ1n) is 6.73. The van der Waals surface area contributed by atoms with E-state index in [2.05, 4.69) is 9.88 Å². The third-order valence-electron chi connectivity index (χ3n) is 3.44. The number of hydrogen-bond acceptors (Lipinski definition) is 5. The average Bonchev–Trinajstić information content (AvgIpc) is 3.05. The molecule has 21 heavy (non-hydrogen) atoms. The molecular formula is C13H17N3O4S. The zero-order chi connectivity index (χ0) is 15.0. The Labute approximate surface area is 122 Å². The van der Waals surface area contributed by atoms with Crippen LogP contribution in [0.2, 0.25) is 0 Å². The Morgan fingerprint density at radius 3 is 2.81 bits per heavy atom. The number of nitrogens with zero attached hydrogens (tertiary/aromatic N) is 2. The summed E-state index contributed by atoms with van der Waals surface area (Å²) >= 11 is 0. The molecule has 0 aromatic carbocycles. The number of nitrogens with one attached hydrogen (secondary N) is 1. The third-order valence-corrected chi connectivity index (χ3v) is 4.81. The van der Waals surface area contributed by atoms with E-state index < -0.39 is 10.0 Å². The summed E-state index contributed by atoms with van der Waals surface area (Å²) in [5.74, 6) is 0.631. The van der Waals surface area contributed by atoms with Gasteiger partial charge in [-0.3, -0.25) is 0 Å². The molecule has 1 aliphatic rings. The molecule has 0 spiro atoms. The van der Waals surface area contributed by atoms with Gasteiger partial charge < -0.3 is 14.2 Å². The van der Waals surface area contributed by atoms with Gasteiger partial charge in [0, 0.05) is 24.0 Å². The molecule has 0 radical (unpaired) electrons. The summed E-state index contributed by atoms with van der Waals surface area (Å²) in [5, 5.41) is 13.1. The molecule has 2 N–H and O–H groups in total. The van der Waals surface area contributed by atoms with E-state index in [1.807, 2.05) is 4.57 Å². The summed E-state index contributed by atoms with van der Waals surface area (Å²) in [6, 6.07) is 3.50. The Hall–Kier alpha value is -1.64. The molecular weight excluding hydrogens is 294 g/mol. The molecule has 1 fully saturated rings. The van der Waals surface area contributed by atoms with E-state index in [1.54, 1.807) is 19.2 Å². The molecule has 2 aromatic rings. The Morgan fingerprint density at radius 2 is 2.24 bits per heavy atom. The number of rotatable bonds is 6. The first kappa shape index (κ1) is 14.3. The molecule has 1 aliphatic carbocycles. The van der Waals surface area contributed by atoms with Crippen LogP contribution in [0.15, 0.2) is 27.7 Å². The first-order chi connectivity index (χ1) is 9.99. The summed E-state index contributed by atoms with van der Waals surface area (Å²) in [6.45, 7) is 1.64. The van der Waals surface area contributed by atoms with Gasteiger partial charge >= 0.3 is 0 Å².